The zero-order valence-electron chi connectivity index (χ0n) is 21.0. The third kappa shape index (κ3) is 7.71. The molecule has 0 radical (unpaired) electrons. The summed E-state index contributed by atoms with van der Waals surface area (Å²) in [4.78, 5) is 16.9. The van der Waals surface area contributed by atoms with Gasteiger partial charge in [0.1, 0.15) is 34.7 Å². The Balaban J connectivity index is 1.52. The number of rotatable bonds is 12. The largest absolute Gasteiger partial charge is 0.497 e. The molecular formula is C26H37N5O4S. The summed E-state index contributed by atoms with van der Waals surface area (Å²) < 4.78 is 11.3. The van der Waals surface area contributed by atoms with Gasteiger partial charge in [0, 0.05) is 43.0 Å². The van der Waals surface area contributed by atoms with E-state index in [-0.39, 0.29) is 12.3 Å². The number of aryl methyl sites for hydroxylation is 1. The van der Waals surface area contributed by atoms with Crippen molar-refractivity contribution in [1.29, 1.82) is 0 Å². The van der Waals surface area contributed by atoms with Crippen LogP contribution in [0.25, 0.3) is 5.70 Å². The van der Waals surface area contributed by atoms with Gasteiger partial charge in [-0.1, -0.05) is 25.6 Å². The van der Waals surface area contributed by atoms with E-state index in [4.69, 9.17) is 33.2 Å². The number of carbonyl (C=O) groups excluding carboxylic acids is 1. The van der Waals surface area contributed by atoms with E-state index < -0.39 is 12.0 Å². The standard InChI is InChI=1S/C26H37N5O4S/c1-3-4-17-13-24(30-26(36)25(17)22(27)14-23(28)33)31-11-9-18(10-12-31)29-15-19(32)16-35-21-7-5-20(34-2)6-8-21/h5-8,13-14,18-19,29,32H,3-4,9-12,15-16,27H2,1-2H3,(H2,28,33)(H,30,36)/b22-14-. The molecule has 1 aromatic heterocycles. The summed E-state index contributed by atoms with van der Waals surface area (Å²) in [5.41, 5.74) is 13.4. The van der Waals surface area contributed by atoms with Crippen LogP contribution in [-0.4, -0.2) is 61.5 Å². The second kappa shape index (κ2) is 13.3. The van der Waals surface area contributed by atoms with E-state index in [9.17, 15) is 9.90 Å². The molecule has 0 saturated carbocycles. The summed E-state index contributed by atoms with van der Waals surface area (Å²) in [5, 5.41) is 13.8. The molecule has 1 aliphatic rings. The zero-order chi connectivity index (χ0) is 26.1. The van der Waals surface area contributed by atoms with Crippen molar-refractivity contribution in [2.45, 2.75) is 44.8 Å². The number of pyridine rings is 1. The molecule has 2 aromatic rings. The fourth-order valence-corrected chi connectivity index (χ4v) is 4.68. The van der Waals surface area contributed by atoms with Crippen LogP contribution in [0, 0.1) is 4.64 Å². The fraction of sp³-hybridized carbons (Fsp3) is 0.462. The Morgan fingerprint density at radius 1 is 1.28 bits per heavy atom. The molecule has 7 N–H and O–H groups in total. The SMILES string of the molecule is CCCc1cc(N2CCC(NCC(O)COc3ccc(OC)cc3)CC2)[nH]c(=S)c1/C(N)=C/C(N)=O. The van der Waals surface area contributed by atoms with E-state index in [1.165, 1.54) is 6.08 Å². The first kappa shape index (κ1) is 27.5. The van der Waals surface area contributed by atoms with Crippen LogP contribution in [0.3, 0.4) is 0 Å². The Morgan fingerprint density at radius 2 is 1.94 bits per heavy atom. The van der Waals surface area contributed by atoms with Crippen molar-refractivity contribution >= 4 is 29.6 Å². The fourth-order valence-electron chi connectivity index (χ4n) is 4.33. The van der Waals surface area contributed by atoms with Crippen molar-refractivity contribution in [3.63, 3.8) is 0 Å². The number of hydrogen-bond donors (Lipinski definition) is 5. The number of aromatic amines is 1. The van der Waals surface area contributed by atoms with E-state index in [1.54, 1.807) is 7.11 Å². The van der Waals surface area contributed by atoms with Crippen LogP contribution in [0.5, 0.6) is 11.5 Å². The molecule has 1 unspecified atom stereocenters. The Kier molecular flexibility index (Phi) is 10.2. The molecule has 0 spiro atoms. The van der Waals surface area contributed by atoms with Crippen LogP contribution in [0.2, 0.25) is 0 Å². The molecule has 0 aliphatic carbocycles. The van der Waals surface area contributed by atoms with Gasteiger partial charge in [-0.05, 0) is 55.2 Å². The number of methoxy groups -OCH3 is 1. The summed E-state index contributed by atoms with van der Waals surface area (Å²) in [5.74, 6) is 1.81. The van der Waals surface area contributed by atoms with E-state index in [2.05, 4.69) is 28.2 Å². The first-order valence-corrected chi connectivity index (χ1v) is 12.7. The second-order valence-corrected chi connectivity index (χ2v) is 9.35. The minimum Gasteiger partial charge on any atom is -0.497 e. The van der Waals surface area contributed by atoms with Gasteiger partial charge in [-0.3, -0.25) is 4.79 Å². The maximum absolute atomic E-state index is 11.3. The average molecular weight is 516 g/mol. The second-order valence-electron chi connectivity index (χ2n) is 8.95. The average Bonchev–Trinajstić information content (AvgIpc) is 2.86. The van der Waals surface area contributed by atoms with Crippen molar-refractivity contribution in [1.82, 2.24) is 10.3 Å². The third-order valence-electron chi connectivity index (χ3n) is 6.19. The highest BCUT2D eigenvalue weighted by Gasteiger charge is 2.22. The monoisotopic (exact) mass is 515 g/mol. The van der Waals surface area contributed by atoms with Crippen molar-refractivity contribution in [3.05, 3.63) is 52.2 Å². The lowest BCUT2D eigenvalue weighted by Crippen LogP contribution is -2.45. The highest BCUT2D eigenvalue weighted by Crippen LogP contribution is 2.25. The minimum absolute atomic E-state index is 0.217. The molecule has 9 nitrogen and oxygen atoms in total. The molecule has 1 aromatic carbocycles. The highest BCUT2D eigenvalue weighted by molar-refractivity contribution is 7.71. The number of nitrogens with one attached hydrogen (secondary N) is 2. The number of benzene rings is 1. The maximum Gasteiger partial charge on any atom is 0.243 e. The van der Waals surface area contributed by atoms with Crippen LogP contribution < -0.4 is 31.2 Å². The number of H-pyrrole nitrogens is 1. The van der Waals surface area contributed by atoms with Crippen molar-refractivity contribution in [2.75, 3.05) is 38.3 Å². The number of aliphatic hydroxyl groups is 1. The molecule has 2 heterocycles. The lowest BCUT2D eigenvalue weighted by atomic mass is 10.0. The predicted molar refractivity (Wildman–Crippen MR) is 145 cm³/mol. The normalized spacial score (nSPS) is 15.5. The summed E-state index contributed by atoms with van der Waals surface area (Å²) in [6.07, 6.45) is 4.19. The number of aromatic nitrogens is 1. The summed E-state index contributed by atoms with van der Waals surface area (Å²) in [6, 6.07) is 9.67. The quantitative estimate of drug-likeness (QED) is 0.215. The Labute approximate surface area is 217 Å². The molecule has 1 atom stereocenters. The Morgan fingerprint density at radius 3 is 2.56 bits per heavy atom. The van der Waals surface area contributed by atoms with Crippen LogP contribution in [-0.2, 0) is 11.2 Å². The molecule has 196 valence electrons. The topological polar surface area (TPSA) is 139 Å². The lowest BCUT2D eigenvalue weighted by molar-refractivity contribution is -0.113. The molecule has 1 aliphatic heterocycles. The van der Waals surface area contributed by atoms with E-state index in [0.29, 0.717) is 28.5 Å². The number of carbonyl (C=O) groups is 1. The molecule has 1 amide bonds. The number of nitrogens with two attached hydrogens (primary N) is 2. The Hall–Kier alpha value is -3.08. The van der Waals surface area contributed by atoms with Crippen LogP contribution in [0.1, 0.15) is 37.3 Å². The number of piperidine rings is 1. The van der Waals surface area contributed by atoms with Crippen LogP contribution in [0.4, 0.5) is 5.82 Å². The van der Waals surface area contributed by atoms with Gasteiger partial charge in [-0.15, -0.1) is 0 Å². The number of anilines is 1. The summed E-state index contributed by atoms with van der Waals surface area (Å²) in [7, 11) is 1.62. The van der Waals surface area contributed by atoms with Gasteiger partial charge in [0.25, 0.3) is 0 Å². The minimum atomic E-state index is -0.607. The number of hydrogen-bond acceptors (Lipinski definition) is 8. The van der Waals surface area contributed by atoms with Crippen LogP contribution >= 0.6 is 12.2 Å². The molecule has 1 saturated heterocycles. The van der Waals surface area contributed by atoms with Crippen molar-refractivity contribution in [2.24, 2.45) is 11.5 Å². The van der Waals surface area contributed by atoms with Crippen molar-refractivity contribution in [3.8, 4) is 11.5 Å². The first-order chi connectivity index (χ1) is 17.3. The molecular weight excluding hydrogens is 478 g/mol. The molecule has 1 fully saturated rings. The highest BCUT2D eigenvalue weighted by atomic mass is 32.1. The number of nitrogens with zero attached hydrogens (tertiary/aromatic N) is 1. The number of aliphatic hydroxyl groups excluding tert-OH is 1. The number of primary amides is 1. The summed E-state index contributed by atoms with van der Waals surface area (Å²) >= 11 is 5.59. The van der Waals surface area contributed by atoms with Gasteiger partial charge in [0.2, 0.25) is 5.91 Å². The Bertz CT molecular complexity index is 1090. The van der Waals surface area contributed by atoms with E-state index in [0.717, 1.165) is 55.9 Å². The van der Waals surface area contributed by atoms with Gasteiger partial charge in [0.15, 0.2) is 0 Å². The number of ether oxygens (including phenoxy) is 2. The lowest BCUT2D eigenvalue weighted by Gasteiger charge is -2.34. The third-order valence-corrected chi connectivity index (χ3v) is 6.49. The van der Waals surface area contributed by atoms with Gasteiger partial charge in [0.05, 0.1) is 7.11 Å². The number of amides is 1. The van der Waals surface area contributed by atoms with Crippen LogP contribution in [0.15, 0.2) is 36.4 Å². The van der Waals surface area contributed by atoms with Crippen molar-refractivity contribution < 1.29 is 19.4 Å². The zero-order valence-corrected chi connectivity index (χ0v) is 21.8. The first-order valence-electron chi connectivity index (χ1n) is 12.3. The molecule has 0 bridgehead atoms. The van der Waals surface area contributed by atoms with Gasteiger partial charge in [-0.25, -0.2) is 0 Å². The van der Waals surface area contributed by atoms with Gasteiger partial charge < -0.3 is 41.2 Å². The molecule has 10 heteroatoms. The van der Waals surface area contributed by atoms with E-state index in [1.807, 2.05) is 24.3 Å². The van der Waals surface area contributed by atoms with E-state index >= 15 is 0 Å². The predicted octanol–water partition coefficient (Wildman–Crippen LogP) is 2.49. The maximum atomic E-state index is 11.3. The van der Waals surface area contributed by atoms with Gasteiger partial charge >= 0.3 is 0 Å². The summed E-state index contributed by atoms with van der Waals surface area (Å²) in [6.45, 7) is 4.46. The molecule has 36 heavy (non-hydrogen) atoms. The smallest absolute Gasteiger partial charge is 0.243 e. The molecule has 3 rings (SSSR count). The van der Waals surface area contributed by atoms with Gasteiger partial charge in [-0.2, -0.15) is 0 Å².